The van der Waals surface area contributed by atoms with E-state index in [0.29, 0.717) is 12.4 Å². The molecule has 108 valence electrons. The largest absolute Gasteiger partial charge is 0.433 e. The fourth-order valence-electron chi connectivity index (χ4n) is 1.54. The van der Waals surface area contributed by atoms with E-state index in [2.05, 4.69) is 25.5 Å². The Labute approximate surface area is 112 Å². The van der Waals surface area contributed by atoms with E-state index in [1.807, 2.05) is 0 Å². The fourth-order valence-corrected chi connectivity index (χ4v) is 1.54. The molecule has 0 aliphatic heterocycles. The van der Waals surface area contributed by atoms with Gasteiger partial charge in [-0.3, -0.25) is 0 Å². The lowest BCUT2D eigenvalue weighted by atomic mass is 10.3. The molecule has 0 unspecified atom stereocenters. The zero-order chi connectivity index (χ0) is 14.8. The average molecular weight is 287 g/mol. The summed E-state index contributed by atoms with van der Waals surface area (Å²) in [5.74, 6) is 0.514. The summed E-state index contributed by atoms with van der Waals surface area (Å²) in [5, 5.41) is 10.1. The summed E-state index contributed by atoms with van der Waals surface area (Å²) in [5.41, 5.74) is -0.662. The van der Waals surface area contributed by atoms with Crippen LogP contribution in [0, 0.1) is 13.8 Å². The molecule has 0 atom stereocenters. The van der Waals surface area contributed by atoms with Gasteiger partial charge in [-0.1, -0.05) is 5.10 Å². The minimum atomic E-state index is -4.47. The van der Waals surface area contributed by atoms with Gasteiger partial charge in [0.15, 0.2) is 0 Å². The zero-order valence-electron chi connectivity index (χ0n) is 10.8. The molecule has 2 rings (SSSR count). The van der Waals surface area contributed by atoms with Crippen molar-refractivity contribution in [1.29, 1.82) is 0 Å². The van der Waals surface area contributed by atoms with Crippen molar-refractivity contribution in [3.05, 3.63) is 29.2 Å². The molecule has 0 fully saturated rings. The summed E-state index contributed by atoms with van der Waals surface area (Å²) in [6.45, 7) is 3.43. The van der Waals surface area contributed by atoms with Gasteiger partial charge in [-0.25, -0.2) is 9.97 Å². The normalized spacial score (nSPS) is 11.7. The highest BCUT2D eigenvalue weighted by molar-refractivity contribution is 5.18. The molecular formula is C11H12F3N5O. The molecule has 6 nitrogen and oxygen atoms in total. The Morgan fingerprint density at radius 1 is 1.20 bits per heavy atom. The second-order valence-corrected chi connectivity index (χ2v) is 4.11. The number of nitrogens with zero attached hydrogens (tertiary/aromatic N) is 4. The van der Waals surface area contributed by atoms with E-state index >= 15 is 0 Å². The summed E-state index contributed by atoms with van der Waals surface area (Å²) in [6, 6.07) is 1.13. The maximum Gasteiger partial charge on any atom is 0.433 e. The second-order valence-electron chi connectivity index (χ2n) is 4.11. The molecule has 20 heavy (non-hydrogen) atoms. The number of anilines is 1. The van der Waals surface area contributed by atoms with Crippen LogP contribution >= 0.6 is 0 Å². The number of rotatable bonds is 4. The van der Waals surface area contributed by atoms with E-state index in [1.165, 1.54) is 6.92 Å². The van der Waals surface area contributed by atoms with Crippen LogP contribution in [0.1, 0.15) is 23.1 Å². The lowest BCUT2D eigenvalue weighted by molar-refractivity contribution is -0.141. The molecule has 2 heterocycles. The monoisotopic (exact) mass is 287 g/mol. The van der Waals surface area contributed by atoms with Crippen LogP contribution in [0.3, 0.4) is 0 Å². The van der Waals surface area contributed by atoms with Crippen molar-refractivity contribution in [2.24, 2.45) is 0 Å². The van der Waals surface area contributed by atoms with Crippen molar-refractivity contribution >= 4 is 6.01 Å². The van der Waals surface area contributed by atoms with Gasteiger partial charge in [-0.15, -0.1) is 5.10 Å². The first-order chi connectivity index (χ1) is 9.34. The summed E-state index contributed by atoms with van der Waals surface area (Å²) < 4.78 is 42.9. The van der Waals surface area contributed by atoms with Crippen molar-refractivity contribution in [3.8, 4) is 0 Å². The van der Waals surface area contributed by atoms with Gasteiger partial charge in [-0.05, 0) is 13.0 Å². The van der Waals surface area contributed by atoms with Gasteiger partial charge in [0.1, 0.15) is 11.5 Å². The number of aryl methyl sites for hydroxylation is 2. The predicted octanol–water partition coefficient (Wildman–Crippen LogP) is 2.15. The van der Waals surface area contributed by atoms with Crippen LogP contribution in [0.25, 0.3) is 0 Å². The Morgan fingerprint density at radius 3 is 2.55 bits per heavy atom. The minimum absolute atomic E-state index is 0.112. The first-order valence-electron chi connectivity index (χ1n) is 5.80. The van der Waals surface area contributed by atoms with Crippen molar-refractivity contribution in [2.45, 2.75) is 26.4 Å². The van der Waals surface area contributed by atoms with Crippen LogP contribution in [-0.2, 0) is 12.6 Å². The van der Waals surface area contributed by atoms with Crippen molar-refractivity contribution < 1.29 is 17.6 Å². The highest BCUT2D eigenvalue weighted by atomic mass is 19.4. The topological polar surface area (TPSA) is 76.7 Å². The third kappa shape index (κ3) is 3.65. The van der Waals surface area contributed by atoms with E-state index in [0.717, 1.165) is 6.07 Å². The number of nitrogens with one attached hydrogen (secondary N) is 1. The molecule has 0 aliphatic rings. The van der Waals surface area contributed by atoms with Gasteiger partial charge >= 0.3 is 12.2 Å². The van der Waals surface area contributed by atoms with Crippen LogP contribution in [0.4, 0.5) is 19.2 Å². The lowest BCUT2D eigenvalue weighted by Gasteiger charge is -2.08. The zero-order valence-corrected chi connectivity index (χ0v) is 10.8. The molecule has 2 aromatic rings. The summed E-state index contributed by atoms with van der Waals surface area (Å²) in [6.07, 6.45) is -4.26. The van der Waals surface area contributed by atoms with Crippen molar-refractivity contribution in [2.75, 3.05) is 11.9 Å². The molecule has 9 heteroatoms. The lowest BCUT2D eigenvalue weighted by Crippen LogP contribution is -2.14. The third-order valence-corrected chi connectivity index (χ3v) is 2.34. The Morgan fingerprint density at radius 2 is 1.95 bits per heavy atom. The Balaban J connectivity index is 2.00. The number of hydrogen-bond acceptors (Lipinski definition) is 6. The molecule has 0 saturated carbocycles. The maximum absolute atomic E-state index is 12.6. The van der Waals surface area contributed by atoms with Crippen LogP contribution in [0.5, 0.6) is 0 Å². The third-order valence-electron chi connectivity index (χ3n) is 2.34. The van der Waals surface area contributed by atoms with Gasteiger partial charge in [-0.2, -0.15) is 13.2 Å². The Kier molecular flexibility index (Phi) is 3.86. The molecule has 0 saturated heterocycles. The van der Waals surface area contributed by atoms with E-state index in [9.17, 15) is 13.2 Å². The molecule has 0 aliphatic carbocycles. The fraction of sp³-hybridized carbons (Fsp3) is 0.455. The first-order valence-corrected chi connectivity index (χ1v) is 5.80. The number of halogens is 3. The molecule has 0 aromatic carbocycles. The molecule has 0 bridgehead atoms. The summed E-state index contributed by atoms with van der Waals surface area (Å²) in [7, 11) is 0. The minimum Gasteiger partial charge on any atom is -0.408 e. The maximum atomic E-state index is 12.6. The predicted molar refractivity (Wildman–Crippen MR) is 63.0 cm³/mol. The Hall–Kier alpha value is -2.19. The first kappa shape index (κ1) is 14.2. The molecule has 0 spiro atoms. The van der Waals surface area contributed by atoms with E-state index in [-0.39, 0.29) is 24.0 Å². The number of aromatic nitrogens is 4. The molecule has 1 N–H and O–H groups in total. The van der Waals surface area contributed by atoms with Crippen molar-refractivity contribution in [3.63, 3.8) is 0 Å². The van der Waals surface area contributed by atoms with E-state index in [1.54, 1.807) is 6.92 Å². The van der Waals surface area contributed by atoms with Gasteiger partial charge < -0.3 is 9.73 Å². The molecule has 2 aromatic heterocycles. The van der Waals surface area contributed by atoms with Gasteiger partial charge in [0.2, 0.25) is 5.89 Å². The van der Waals surface area contributed by atoms with Crippen LogP contribution < -0.4 is 5.32 Å². The van der Waals surface area contributed by atoms with Gasteiger partial charge in [0.25, 0.3) is 0 Å². The SMILES string of the molecule is Cc1cc(C(F)(F)F)nc(CCNc2nnc(C)o2)n1. The quantitative estimate of drug-likeness (QED) is 0.928. The van der Waals surface area contributed by atoms with Crippen LogP contribution in [0.2, 0.25) is 0 Å². The average Bonchev–Trinajstić information content (AvgIpc) is 2.73. The highest BCUT2D eigenvalue weighted by Crippen LogP contribution is 2.27. The number of alkyl halides is 3. The standard InChI is InChI=1S/C11H12F3N5O/c1-6-5-8(11(12,13)14)17-9(16-6)3-4-15-10-19-18-7(2)20-10/h5H,3-4H2,1-2H3,(H,15,19). The van der Waals surface area contributed by atoms with Crippen LogP contribution in [-0.4, -0.2) is 26.7 Å². The molecular weight excluding hydrogens is 275 g/mol. The van der Waals surface area contributed by atoms with E-state index in [4.69, 9.17) is 4.42 Å². The van der Waals surface area contributed by atoms with Crippen LogP contribution in [0.15, 0.2) is 10.5 Å². The summed E-state index contributed by atoms with van der Waals surface area (Å²) in [4.78, 5) is 7.46. The molecule has 0 radical (unpaired) electrons. The van der Waals surface area contributed by atoms with Gasteiger partial charge in [0, 0.05) is 25.6 Å². The smallest absolute Gasteiger partial charge is 0.408 e. The van der Waals surface area contributed by atoms with Crippen molar-refractivity contribution in [1.82, 2.24) is 20.2 Å². The molecule has 0 amide bonds. The highest BCUT2D eigenvalue weighted by Gasteiger charge is 2.33. The number of hydrogen-bond donors (Lipinski definition) is 1. The van der Waals surface area contributed by atoms with Gasteiger partial charge in [0.05, 0.1) is 0 Å². The Bertz CT molecular complexity index is 596. The second kappa shape index (κ2) is 5.43. The van der Waals surface area contributed by atoms with E-state index < -0.39 is 11.9 Å². The summed E-state index contributed by atoms with van der Waals surface area (Å²) >= 11 is 0.